The van der Waals surface area contributed by atoms with Gasteiger partial charge in [-0.1, -0.05) is 12.7 Å². The molecule has 1 unspecified atom stereocenters. The first kappa shape index (κ1) is 25.9. The Morgan fingerprint density at radius 3 is 2.42 bits per heavy atom. The van der Waals surface area contributed by atoms with Gasteiger partial charge in [0.25, 0.3) is 5.91 Å². The van der Waals surface area contributed by atoms with Crippen LogP contribution in [0, 0.1) is 5.92 Å². The van der Waals surface area contributed by atoms with Crippen molar-refractivity contribution in [3.63, 3.8) is 0 Å². The van der Waals surface area contributed by atoms with E-state index in [2.05, 4.69) is 18.0 Å². The van der Waals surface area contributed by atoms with Gasteiger partial charge in [-0.3, -0.25) is 9.59 Å². The van der Waals surface area contributed by atoms with Gasteiger partial charge in [-0.15, -0.1) is 0 Å². The maximum atomic E-state index is 12.8. The van der Waals surface area contributed by atoms with Crippen molar-refractivity contribution in [2.75, 3.05) is 39.2 Å². The highest BCUT2D eigenvalue weighted by Gasteiger charge is 2.36. The highest BCUT2D eigenvalue weighted by atomic mass is 16.5. The average molecular weight is 520 g/mol. The Hall–Kier alpha value is -3.75. The van der Waals surface area contributed by atoms with Gasteiger partial charge in [-0.2, -0.15) is 5.10 Å². The zero-order chi connectivity index (χ0) is 26.8. The lowest BCUT2D eigenvalue weighted by atomic mass is 9.87. The van der Waals surface area contributed by atoms with Gasteiger partial charge in [-0.05, 0) is 74.6 Å². The van der Waals surface area contributed by atoms with Crippen LogP contribution < -0.4 is 20.5 Å². The Kier molecular flexibility index (Phi) is 7.44. The summed E-state index contributed by atoms with van der Waals surface area (Å²) in [6, 6.07) is 3.97. The molecule has 1 aromatic carbocycles. The number of rotatable bonds is 7. The van der Waals surface area contributed by atoms with E-state index in [1.807, 2.05) is 21.7 Å². The molecule has 0 radical (unpaired) electrons. The monoisotopic (exact) mass is 519 g/mol. The van der Waals surface area contributed by atoms with Crippen LogP contribution in [0.3, 0.4) is 0 Å². The molecule has 1 aromatic heterocycles. The maximum absolute atomic E-state index is 12.8. The van der Waals surface area contributed by atoms with E-state index in [0.29, 0.717) is 47.6 Å². The van der Waals surface area contributed by atoms with Gasteiger partial charge in [-0.25, -0.2) is 4.68 Å². The number of hydrogen-bond acceptors (Lipinski definition) is 6. The van der Waals surface area contributed by atoms with Crippen molar-refractivity contribution in [2.24, 2.45) is 11.7 Å². The summed E-state index contributed by atoms with van der Waals surface area (Å²) in [4.78, 5) is 26.7. The zero-order valence-corrected chi connectivity index (χ0v) is 22.3. The van der Waals surface area contributed by atoms with E-state index < -0.39 is 5.91 Å². The lowest BCUT2D eigenvalue weighted by Gasteiger charge is -2.38. The van der Waals surface area contributed by atoms with E-state index >= 15 is 0 Å². The Morgan fingerprint density at radius 1 is 1.13 bits per heavy atom. The third-order valence-corrected chi connectivity index (χ3v) is 8.16. The molecule has 3 aliphatic rings. The first-order chi connectivity index (χ1) is 18.5. The molecule has 9 heteroatoms. The number of carbonyl (C=O) groups is 2. The molecule has 3 heterocycles. The van der Waals surface area contributed by atoms with Gasteiger partial charge in [0.15, 0.2) is 0 Å². The zero-order valence-electron chi connectivity index (χ0n) is 22.3. The lowest BCUT2D eigenvalue weighted by molar-refractivity contribution is -0.127. The maximum Gasteiger partial charge on any atom is 0.254 e. The number of benzene rings is 1. The smallest absolute Gasteiger partial charge is 0.254 e. The van der Waals surface area contributed by atoms with E-state index in [0.717, 1.165) is 56.2 Å². The predicted molar refractivity (Wildman–Crippen MR) is 147 cm³/mol. The molecule has 0 saturated carbocycles. The number of nitrogens with two attached hydrogens (primary N) is 1. The second-order valence-corrected chi connectivity index (χ2v) is 10.3. The number of piperidine rings is 1. The van der Waals surface area contributed by atoms with Crippen molar-refractivity contribution in [3.05, 3.63) is 42.0 Å². The number of nitrogens with one attached hydrogen (secondary N) is 1. The fourth-order valence-corrected chi connectivity index (χ4v) is 6.24. The van der Waals surface area contributed by atoms with Crippen LogP contribution in [0.15, 0.2) is 30.9 Å². The molecular weight excluding hydrogens is 482 g/mol. The van der Waals surface area contributed by atoms with Crippen LogP contribution in [-0.2, 0) is 4.79 Å². The van der Waals surface area contributed by atoms with Gasteiger partial charge in [0, 0.05) is 25.2 Å². The summed E-state index contributed by atoms with van der Waals surface area (Å²) in [7, 11) is 3.30. The second kappa shape index (κ2) is 10.9. The quantitative estimate of drug-likeness (QED) is 0.525. The Labute approximate surface area is 223 Å². The molecule has 1 fully saturated rings. The lowest BCUT2D eigenvalue weighted by Crippen LogP contribution is -2.41. The molecule has 1 atom stereocenters. The summed E-state index contributed by atoms with van der Waals surface area (Å²) in [6.07, 6.45) is 10.6. The summed E-state index contributed by atoms with van der Waals surface area (Å²) >= 11 is 0. The molecule has 5 rings (SSSR count). The Bertz CT molecular complexity index is 1250. The Balaban J connectivity index is 1.54. The van der Waals surface area contributed by atoms with Crippen LogP contribution in [0.4, 0.5) is 5.82 Å². The molecule has 0 bridgehead atoms. The molecule has 1 aliphatic carbocycles. The molecular formula is C29H37N5O4. The van der Waals surface area contributed by atoms with Crippen molar-refractivity contribution in [1.82, 2.24) is 14.7 Å². The molecule has 3 N–H and O–H groups in total. The van der Waals surface area contributed by atoms with Gasteiger partial charge in [0.1, 0.15) is 28.6 Å². The molecule has 2 aromatic rings. The summed E-state index contributed by atoms with van der Waals surface area (Å²) in [5.41, 5.74) is 9.74. The van der Waals surface area contributed by atoms with Crippen LogP contribution in [-0.4, -0.2) is 60.3 Å². The predicted octanol–water partition coefficient (Wildman–Crippen LogP) is 4.40. The summed E-state index contributed by atoms with van der Waals surface area (Å²) in [5.74, 6) is 1.82. The van der Waals surface area contributed by atoms with E-state index in [4.69, 9.17) is 20.3 Å². The number of hydrogen-bond donors (Lipinski definition) is 2. The van der Waals surface area contributed by atoms with Crippen LogP contribution in [0.2, 0.25) is 0 Å². The van der Waals surface area contributed by atoms with Gasteiger partial charge in [0.2, 0.25) is 5.91 Å². The first-order valence-electron chi connectivity index (χ1n) is 13.5. The highest BCUT2D eigenvalue weighted by molar-refractivity contribution is 6.04. The van der Waals surface area contributed by atoms with E-state index in [9.17, 15) is 9.59 Å². The number of methoxy groups -OCH3 is 2. The van der Waals surface area contributed by atoms with Crippen molar-refractivity contribution in [3.8, 4) is 22.8 Å². The van der Waals surface area contributed by atoms with Crippen molar-refractivity contribution in [2.45, 2.75) is 51.0 Å². The van der Waals surface area contributed by atoms with Gasteiger partial charge in [0.05, 0.1) is 25.8 Å². The topological polar surface area (TPSA) is 112 Å². The number of nitrogens with zero attached hydrogens (tertiary/aromatic N) is 3. The molecule has 0 spiro atoms. The van der Waals surface area contributed by atoms with Crippen molar-refractivity contribution < 1.29 is 19.1 Å². The van der Waals surface area contributed by atoms with Crippen LogP contribution >= 0.6 is 0 Å². The SMILES string of the molecule is C=CC(=O)N1CCC(C2CCNc3c(C(N)=O)c(-c4cc(OC)c(C5=CCCCC5)c(OC)c4)nn32)CC1. The highest BCUT2D eigenvalue weighted by Crippen LogP contribution is 2.45. The van der Waals surface area contributed by atoms with E-state index in [1.54, 1.807) is 14.2 Å². The number of likely N-dealkylation sites (tertiary alicyclic amines) is 1. The first-order valence-corrected chi connectivity index (χ1v) is 13.5. The minimum atomic E-state index is -0.530. The molecule has 38 heavy (non-hydrogen) atoms. The van der Waals surface area contributed by atoms with E-state index in [-0.39, 0.29) is 11.9 Å². The van der Waals surface area contributed by atoms with Gasteiger partial charge < -0.3 is 25.4 Å². The van der Waals surface area contributed by atoms with Crippen molar-refractivity contribution >= 4 is 23.2 Å². The minimum absolute atomic E-state index is 0.0258. The van der Waals surface area contributed by atoms with Crippen LogP contribution in [0.1, 0.15) is 66.9 Å². The summed E-state index contributed by atoms with van der Waals surface area (Å²) in [6.45, 7) is 5.72. The standard InChI is InChI=1S/C29H37N5O4/c1-4-24(35)33-14-11-18(12-15-33)21-10-13-31-29-26(28(30)36)27(32-34(21)29)20-16-22(37-2)25(23(17-20)38-3)19-8-6-5-7-9-19/h4,8,16-18,21,31H,1,5-7,9-15H2,2-3H3,(H2,30,36). The molecule has 1 saturated heterocycles. The number of amides is 2. The van der Waals surface area contributed by atoms with Crippen molar-refractivity contribution in [1.29, 1.82) is 0 Å². The molecule has 2 aliphatic heterocycles. The molecule has 2 amide bonds. The van der Waals surface area contributed by atoms with Gasteiger partial charge >= 0.3 is 0 Å². The second-order valence-electron chi connectivity index (χ2n) is 10.3. The molecule has 9 nitrogen and oxygen atoms in total. The number of primary amides is 1. The van der Waals surface area contributed by atoms with E-state index in [1.165, 1.54) is 18.1 Å². The summed E-state index contributed by atoms with van der Waals surface area (Å²) in [5, 5.41) is 8.37. The number of aromatic nitrogens is 2. The fraction of sp³-hybridized carbons (Fsp3) is 0.483. The number of ether oxygens (including phenoxy) is 2. The third kappa shape index (κ3) is 4.66. The largest absolute Gasteiger partial charge is 0.496 e. The number of carbonyl (C=O) groups excluding carboxylic acids is 2. The fourth-order valence-electron chi connectivity index (χ4n) is 6.24. The average Bonchev–Trinajstić information content (AvgIpc) is 3.37. The number of anilines is 1. The number of allylic oxidation sites excluding steroid dienone is 2. The summed E-state index contributed by atoms with van der Waals surface area (Å²) < 4.78 is 13.6. The van der Waals surface area contributed by atoms with Crippen LogP contribution in [0.25, 0.3) is 16.8 Å². The number of fused-ring (bicyclic) bond motifs is 1. The normalized spacial score (nSPS) is 19.7. The molecule has 202 valence electrons. The minimum Gasteiger partial charge on any atom is -0.496 e. The third-order valence-electron chi connectivity index (χ3n) is 8.16. The Morgan fingerprint density at radius 2 is 1.84 bits per heavy atom. The van der Waals surface area contributed by atoms with Crippen LogP contribution in [0.5, 0.6) is 11.5 Å².